The molecule has 0 heterocycles. The van der Waals surface area contributed by atoms with Gasteiger partial charge in [0.05, 0.1) is 0 Å². The third-order valence-corrected chi connectivity index (χ3v) is 4.13. The van der Waals surface area contributed by atoms with E-state index in [-0.39, 0.29) is 6.04 Å². The average Bonchev–Trinajstić information content (AvgIpc) is 2.28. The molecule has 4 heteroatoms. The van der Waals surface area contributed by atoms with Crippen molar-refractivity contribution in [1.82, 2.24) is 0 Å². The van der Waals surface area contributed by atoms with Crippen LogP contribution in [0.25, 0.3) is 0 Å². The molecule has 18 heavy (non-hydrogen) atoms. The summed E-state index contributed by atoms with van der Waals surface area (Å²) in [5, 5.41) is 4.23. The van der Waals surface area contributed by atoms with Crippen LogP contribution in [0.15, 0.2) is 46.9 Å². The van der Waals surface area contributed by atoms with Crippen molar-refractivity contribution in [3.8, 4) is 0 Å². The molecule has 0 aromatic heterocycles. The Balaban J connectivity index is 2.19. The van der Waals surface area contributed by atoms with Crippen molar-refractivity contribution < 1.29 is 0 Å². The molecule has 0 saturated carbocycles. The predicted octanol–water partition coefficient (Wildman–Crippen LogP) is 5.88. The Morgan fingerprint density at radius 2 is 2.00 bits per heavy atom. The lowest BCUT2D eigenvalue weighted by molar-refractivity contribution is 0.884. The lowest BCUT2D eigenvalue weighted by Crippen LogP contribution is -2.07. The van der Waals surface area contributed by atoms with Crippen LogP contribution in [0.5, 0.6) is 0 Å². The Morgan fingerprint density at radius 1 is 1.22 bits per heavy atom. The summed E-state index contributed by atoms with van der Waals surface area (Å²) in [6.07, 6.45) is 0. The minimum Gasteiger partial charge on any atom is -0.378 e. The highest BCUT2D eigenvalue weighted by molar-refractivity contribution is 14.1. The zero-order valence-electron chi connectivity index (χ0n) is 9.75. The van der Waals surface area contributed by atoms with E-state index in [2.05, 4.69) is 69.0 Å². The molecule has 1 unspecified atom stereocenters. The number of rotatable bonds is 3. The van der Waals surface area contributed by atoms with Crippen LogP contribution in [0.3, 0.4) is 0 Å². The molecular weight excluding hydrogens is 424 g/mol. The fourth-order valence-corrected chi connectivity index (χ4v) is 3.14. The second-order valence-electron chi connectivity index (χ2n) is 4.04. The normalized spacial score (nSPS) is 12.2. The van der Waals surface area contributed by atoms with Gasteiger partial charge in [0, 0.05) is 24.8 Å². The van der Waals surface area contributed by atoms with Gasteiger partial charge in [-0.3, -0.25) is 0 Å². The standard InChI is InChI=1S/C14H12BrClIN/c1-9(13-6-5-10(15)7-14(13)16)18-12-4-2-3-11(17)8-12/h2-9,18H,1H3. The van der Waals surface area contributed by atoms with E-state index in [1.807, 2.05) is 24.3 Å². The molecule has 2 aromatic carbocycles. The Kier molecular flexibility index (Phi) is 4.92. The van der Waals surface area contributed by atoms with Crippen molar-refractivity contribution in [3.05, 3.63) is 61.1 Å². The maximum Gasteiger partial charge on any atom is 0.0500 e. The molecule has 94 valence electrons. The van der Waals surface area contributed by atoms with E-state index in [4.69, 9.17) is 11.6 Å². The molecule has 0 radical (unpaired) electrons. The molecule has 2 aromatic rings. The molecule has 0 aliphatic heterocycles. The average molecular weight is 437 g/mol. The van der Waals surface area contributed by atoms with Crippen LogP contribution in [-0.4, -0.2) is 0 Å². The minimum absolute atomic E-state index is 0.170. The molecule has 0 aliphatic rings. The van der Waals surface area contributed by atoms with E-state index in [9.17, 15) is 0 Å². The van der Waals surface area contributed by atoms with E-state index in [1.54, 1.807) is 0 Å². The molecule has 0 aliphatic carbocycles. The fraction of sp³-hybridized carbons (Fsp3) is 0.143. The Bertz CT molecular complexity index is 559. The van der Waals surface area contributed by atoms with Gasteiger partial charge in [-0.25, -0.2) is 0 Å². The maximum absolute atomic E-state index is 6.25. The molecule has 0 bridgehead atoms. The third-order valence-electron chi connectivity index (χ3n) is 2.64. The van der Waals surface area contributed by atoms with Gasteiger partial charge in [0.1, 0.15) is 0 Å². The van der Waals surface area contributed by atoms with E-state index in [0.29, 0.717) is 0 Å². The first kappa shape index (κ1) is 14.2. The van der Waals surface area contributed by atoms with Crippen LogP contribution in [0.4, 0.5) is 5.69 Å². The second kappa shape index (κ2) is 6.26. The van der Waals surface area contributed by atoms with E-state index < -0.39 is 0 Å². The quantitative estimate of drug-likeness (QED) is 0.593. The summed E-state index contributed by atoms with van der Waals surface area (Å²) in [6, 6.07) is 14.4. The summed E-state index contributed by atoms with van der Waals surface area (Å²) in [7, 11) is 0. The molecule has 2 rings (SSSR count). The van der Waals surface area contributed by atoms with Gasteiger partial charge in [0.2, 0.25) is 0 Å². The zero-order chi connectivity index (χ0) is 13.1. The Labute approximate surface area is 134 Å². The number of hydrogen-bond donors (Lipinski definition) is 1. The minimum atomic E-state index is 0.170. The first-order chi connectivity index (χ1) is 8.56. The first-order valence-electron chi connectivity index (χ1n) is 5.53. The molecular formula is C14H12BrClIN. The van der Waals surface area contributed by atoms with Gasteiger partial charge in [0.15, 0.2) is 0 Å². The highest BCUT2D eigenvalue weighted by Gasteiger charge is 2.09. The number of nitrogens with one attached hydrogen (secondary N) is 1. The van der Waals surface area contributed by atoms with Crippen LogP contribution >= 0.6 is 50.1 Å². The molecule has 0 spiro atoms. The largest absolute Gasteiger partial charge is 0.378 e. The molecule has 1 nitrogen and oxygen atoms in total. The predicted molar refractivity (Wildman–Crippen MR) is 90.3 cm³/mol. The molecule has 0 amide bonds. The van der Waals surface area contributed by atoms with E-state index >= 15 is 0 Å². The summed E-state index contributed by atoms with van der Waals surface area (Å²) >= 11 is 12.0. The van der Waals surface area contributed by atoms with Crippen LogP contribution in [0.1, 0.15) is 18.5 Å². The summed E-state index contributed by atoms with van der Waals surface area (Å²) in [6.45, 7) is 2.11. The number of hydrogen-bond acceptors (Lipinski definition) is 1. The smallest absolute Gasteiger partial charge is 0.0500 e. The summed E-state index contributed by atoms with van der Waals surface area (Å²) in [4.78, 5) is 0. The lowest BCUT2D eigenvalue weighted by Gasteiger charge is -2.17. The van der Waals surface area contributed by atoms with E-state index in [1.165, 1.54) is 3.57 Å². The maximum atomic E-state index is 6.25. The van der Waals surface area contributed by atoms with Gasteiger partial charge in [-0.15, -0.1) is 0 Å². The summed E-state index contributed by atoms with van der Waals surface area (Å²) < 4.78 is 2.21. The van der Waals surface area contributed by atoms with Gasteiger partial charge in [-0.2, -0.15) is 0 Å². The Morgan fingerprint density at radius 3 is 2.67 bits per heavy atom. The van der Waals surface area contributed by atoms with Gasteiger partial charge in [-0.1, -0.05) is 39.7 Å². The number of anilines is 1. The molecule has 1 N–H and O–H groups in total. The highest BCUT2D eigenvalue weighted by atomic mass is 127. The van der Waals surface area contributed by atoms with Crippen molar-refractivity contribution in [1.29, 1.82) is 0 Å². The summed E-state index contributed by atoms with van der Waals surface area (Å²) in [5.41, 5.74) is 2.20. The van der Waals surface area contributed by atoms with Crippen molar-refractivity contribution in [2.75, 3.05) is 5.32 Å². The topological polar surface area (TPSA) is 12.0 Å². The van der Waals surface area contributed by atoms with E-state index in [0.717, 1.165) is 20.7 Å². The van der Waals surface area contributed by atoms with Gasteiger partial charge < -0.3 is 5.32 Å². The van der Waals surface area contributed by atoms with Gasteiger partial charge >= 0.3 is 0 Å². The number of benzene rings is 2. The van der Waals surface area contributed by atoms with Crippen molar-refractivity contribution in [2.45, 2.75) is 13.0 Å². The highest BCUT2D eigenvalue weighted by Crippen LogP contribution is 2.28. The van der Waals surface area contributed by atoms with Gasteiger partial charge in [-0.05, 0) is 65.4 Å². The number of halogens is 3. The van der Waals surface area contributed by atoms with Crippen molar-refractivity contribution >= 4 is 55.8 Å². The van der Waals surface area contributed by atoms with Gasteiger partial charge in [0.25, 0.3) is 0 Å². The molecule has 1 atom stereocenters. The van der Waals surface area contributed by atoms with Crippen LogP contribution in [-0.2, 0) is 0 Å². The van der Waals surface area contributed by atoms with Crippen LogP contribution < -0.4 is 5.32 Å². The van der Waals surface area contributed by atoms with Crippen LogP contribution in [0, 0.1) is 3.57 Å². The lowest BCUT2D eigenvalue weighted by atomic mass is 10.1. The monoisotopic (exact) mass is 435 g/mol. The second-order valence-corrected chi connectivity index (χ2v) is 6.61. The zero-order valence-corrected chi connectivity index (χ0v) is 14.3. The SMILES string of the molecule is CC(Nc1cccc(I)c1)c1ccc(Br)cc1Cl. The van der Waals surface area contributed by atoms with Crippen molar-refractivity contribution in [2.24, 2.45) is 0 Å². The molecule has 0 fully saturated rings. The Hall–Kier alpha value is -0.260. The summed E-state index contributed by atoms with van der Waals surface area (Å²) in [5.74, 6) is 0. The first-order valence-corrected chi connectivity index (χ1v) is 7.78. The third kappa shape index (κ3) is 3.62. The molecule has 0 saturated heterocycles. The van der Waals surface area contributed by atoms with Crippen LogP contribution in [0.2, 0.25) is 5.02 Å². The fourth-order valence-electron chi connectivity index (χ4n) is 1.76. The van der Waals surface area contributed by atoms with Crippen molar-refractivity contribution in [3.63, 3.8) is 0 Å².